The average molecular weight is 193 g/mol. The van der Waals surface area contributed by atoms with Crippen LogP contribution in [-0.2, 0) is 6.42 Å². The first-order chi connectivity index (χ1) is 6.72. The third-order valence-corrected chi connectivity index (χ3v) is 2.77. The highest BCUT2D eigenvalue weighted by Gasteiger charge is 2.28. The van der Waals surface area contributed by atoms with Crippen LogP contribution in [0.2, 0.25) is 0 Å². The summed E-state index contributed by atoms with van der Waals surface area (Å²) < 4.78 is 2.07. The summed E-state index contributed by atoms with van der Waals surface area (Å²) in [5.41, 5.74) is 8.26. The fraction of sp³-hybridized carbons (Fsp3) is 0.727. The predicted molar refractivity (Wildman–Crippen MR) is 57.3 cm³/mol. The monoisotopic (exact) mass is 193 g/mol. The van der Waals surface area contributed by atoms with Crippen molar-refractivity contribution in [2.75, 3.05) is 6.54 Å². The number of hydrogen-bond acceptors (Lipinski definition) is 2. The highest BCUT2D eigenvalue weighted by atomic mass is 15.3. The molecule has 1 aliphatic rings. The van der Waals surface area contributed by atoms with E-state index in [4.69, 9.17) is 5.73 Å². The Morgan fingerprint density at radius 1 is 1.57 bits per heavy atom. The van der Waals surface area contributed by atoms with Gasteiger partial charge in [0.25, 0.3) is 0 Å². The van der Waals surface area contributed by atoms with Crippen LogP contribution in [0.3, 0.4) is 0 Å². The second-order valence-electron chi connectivity index (χ2n) is 4.42. The van der Waals surface area contributed by atoms with Gasteiger partial charge in [-0.2, -0.15) is 5.10 Å². The minimum Gasteiger partial charge on any atom is -0.330 e. The zero-order chi connectivity index (χ0) is 10.1. The number of rotatable bonds is 4. The first-order valence-corrected chi connectivity index (χ1v) is 5.50. The Kier molecular flexibility index (Phi) is 2.59. The highest BCUT2D eigenvalue weighted by molar-refractivity contribution is 5.26. The van der Waals surface area contributed by atoms with Gasteiger partial charge in [-0.1, -0.05) is 0 Å². The molecule has 0 unspecified atom stereocenters. The molecule has 1 saturated carbocycles. The van der Waals surface area contributed by atoms with Gasteiger partial charge in [0.05, 0.1) is 5.69 Å². The summed E-state index contributed by atoms with van der Waals surface area (Å²) in [5, 5.41) is 4.60. The molecule has 0 bridgehead atoms. The van der Waals surface area contributed by atoms with Gasteiger partial charge in [0.15, 0.2) is 0 Å². The molecule has 1 aromatic heterocycles. The van der Waals surface area contributed by atoms with Crippen LogP contribution < -0.4 is 5.73 Å². The van der Waals surface area contributed by atoms with Gasteiger partial charge in [0.1, 0.15) is 0 Å². The quantitative estimate of drug-likeness (QED) is 0.793. The van der Waals surface area contributed by atoms with Gasteiger partial charge in [0.2, 0.25) is 0 Å². The third kappa shape index (κ3) is 1.82. The molecule has 0 saturated heterocycles. The van der Waals surface area contributed by atoms with E-state index in [1.165, 1.54) is 24.1 Å². The molecule has 0 spiro atoms. The molecular formula is C11H19N3. The van der Waals surface area contributed by atoms with Crippen LogP contribution in [0, 0.1) is 0 Å². The summed E-state index contributed by atoms with van der Waals surface area (Å²) in [6.07, 6.45) is 5.81. The molecule has 1 aliphatic carbocycles. The largest absolute Gasteiger partial charge is 0.330 e. The molecule has 0 radical (unpaired) electrons. The third-order valence-electron chi connectivity index (χ3n) is 2.77. The van der Waals surface area contributed by atoms with Gasteiger partial charge in [-0.25, -0.2) is 0 Å². The lowest BCUT2D eigenvalue weighted by Crippen LogP contribution is -2.06. The van der Waals surface area contributed by atoms with E-state index >= 15 is 0 Å². The van der Waals surface area contributed by atoms with Crippen LogP contribution >= 0.6 is 0 Å². The zero-order valence-electron chi connectivity index (χ0n) is 9.03. The summed E-state index contributed by atoms with van der Waals surface area (Å²) >= 11 is 0. The molecule has 78 valence electrons. The zero-order valence-corrected chi connectivity index (χ0v) is 9.03. The van der Waals surface area contributed by atoms with Gasteiger partial charge >= 0.3 is 0 Å². The van der Waals surface area contributed by atoms with E-state index in [1.54, 1.807) is 0 Å². The molecule has 0 atom stereocenters. The molecule has 14 heavy (non-hydrogen) atoms. The molecule has 0 amide bonds. The second kappa shape index (κ2) is 3.73. The van der Waals surface area contributed by atoms with Gasteiger partial charge in [-0.3, -0.25) is 4.68 Å². The Labute approximate surface area is 85.3 Å². The number of nitrogens with two attached hydrogens (primary N) is 1. The lowest BCUT2D eigenvalue weighted by Gasteiger charge is -2.03. The maximum absolute atomic E-state index is 5.59. The summed E-state index contributed by atoms with van der Waals surface area (Å²) in [6, 6.07) is 0.457. The molecule has 2 N–H and O–H groups in total. The topological polar surface area (TPSA) is 43.8 Å². The van der Waals surface area contributed by atoms with E-state index in [2.05, 4.69) is 29.8 Å². The molecule has 1 heterocycles. The summed E-state index contributed by atoms with van der Waals surface area (Å²) in [6.45, 7) is 5.03. The lowest BCUT2D eigenvalue weighted by atomic mass is 10.1. The van der Waals surface area contributed by atoms with Crippen LogP contribution in [0.5, 0.6) is 0 Å². The lowest BCUT2D eigenvalue weighted by molar-refractivity contribution is 0.526. The van der Waals surface area contributed by atoms with Crippen molar-refractivity contribution < 1.29 is 0 Å². The summed E-state index contributed by atoms with van der Waals surface area (Å²) in [4.78, 5) is 0. The fourth-order valence-electron chi connectivity index (χ4n) is 1.77. The maximum atomic E-state index is 5.59. The molecular weight excluding hydrogens is 174 g/mol. The Morgan fingerprint density at radius 2 is 2.29 bits per heavy atom. The van der Waals surface area contributed by atoms with Gasteiger partial charge in [0, 0.05) is 18.7 Å². The SMILES string of the molecule is CC(C)n1cc(C2CC2)c(CCN)n1. The first-order valence-electron chi connectivity index (χ1n) is 5.50. The minimum atomic E-state index is 0.457. The van der Waals surface area contributed by atoms with Crippen molar-refractivity contribution in [3.63, 3.8) is 0 Å². The van der Waals surface area contributed by atoms with E-state index in [1.807, 2.05) is 0 Å². The van der Waals surface area contributed by atoms with Gasteiger partial charge in [-0.05, 0) is 44.7 Å². The van der Waals surface area contributed by atoms with E-state index < -0.39 is 0 Å². The Bertz CT molecular complexity index is 310. The average Bonchev–Trinajstić information content (AvgIpc) is 2.89. The Hall–Kier alpha value is -0.830. The number of nitrogens with zero attached hydrogens (tertiary/aromatic N) is 2. The molecule has 3 heteroatoms. The Morgan fingerprint density at radius 3 is 2.79 bits per heavy atom. The highest BCUT2D eigenvalue weighted by Crippen LogP contribution is 2.41. The first kappa shape index (κ1) is 9.71. The van der Waals surface area contributed by atoms with Gasteiger partial charge in [-0.15, -0.1) is 0 Å². The molecule has 0 aromatic carbocycles. The van der Waals surface area contributed by atoms with Crippen LogP contribution in [0.4, 0.5) is 0 Å². The van der Waals surface area contributed by atoms with Crippen molar-refractivity contribution in [3.05, 3.63) is 17.5 Å². The standard InChI is InChI=1S/C11H19N3/c1-8(2)14-7-10(9-3-4-9)11(13-14)5-6-12/h7-9H,3-6,12H2,1-2H3. The summed E-state index contributed by atoms with van der Waals surface area (Å²) in [7, 11) is 0. The molecule has 1 fully saturated rings. The Balaban J connectivity index is 2.25. The van der Waals surface area contributed by atoms with Crippen LogP contribution in [0.25, 0.3) is 0 Å². The molecule has 3 nitrogen and oxygen atoms in total. The van der Waals surface area contributed by atoms with Crippen molar-refractivity contribution in [2.24, 2.45) is 5.73 Å². The maximum Gasteiger partial charge on any atom is 0.0672 e. The number of hydrogen-bond donors (Lipinski definition) is 1. The molecule has 0 aliphatic heterocycles. The van der Waals surface area contributed by atoms with Crippen molar-refractivity contribution in [3.8, 4) is 0 Å². The van der Waals surface area contributed by atoms with E-state index in [9.17, 15) is 0 Å². The van der Waals surface area contributed by atoms with Crippen LogP contribution in [-0.4, -0.2) is 16.3 Å². The van der Waals surface area contributed by atoms with E-state index in [0.717, 1.165) is 12.3 Å². The predicted octanol–water partition coefficient (Wildman–Crippen LogP) is 1.84. The van der Waals surface area contributed by atoms with Crippen molar-refractivity contribution >= 4 is 0 Å². The van der Waals surface area contributed by atoms with Crippen molar-refractivity contribution in [1.82, 2.24) is 9.78 Å². The molecule has 2 rings (SSSR count). The van der Waals surface area contributed by atoms with Crippen molar-refractivity contribution in [1.29, 1.82) is 0 Å². The smallest absolute Gasteiger partial charge is 0.0672 e. The van der Waals surface area contributed by atoms with Gasteiger partial charge < -0.3 is 5.73 Å². The van der Waals surface area contributed by atoms with Crippen molar-refractivity contribution in [2.45, 2.75) is 45.1 Å². The second-order valence-corrected chi connectivity index (χ2v) is 4.42. The van der Waals surface area contributed by atoms with E-state index in [0.29, 0.717) is 12.6 Å². The fourth-order valence-corrected chi connectivity index (χ4v) is 1.77. The minimum absolute atomic E-state index is 0.457. The normalized spacial score (nSPS) is 16.6. The summed E-state index contributed by atoms with van der Waals surface area (Å²) in [5.74, 6) is 0.782. The van der Waals surface area contributed by atoms with E-state index in [-0.39, 0.29) is 0 Å². The van der Waals surface area contributed by atoms with Crippen LogP contribution in [0.15, 0.2) is 6.20 Å². The number of aromatic nitrogens is 2. The molecule has 1 aromatic rings. The van der Waals surface area contributed by atoms with Crippen LogP contribution in [0.1, 0.15) is 49.9 Å².